The zero-order valence-electron chi connectivity index (χ0n) is 16.7. The maximum Gasteiger partial charge on any atom is 0.282 e. The Morgan fingerprint density at radius 1 is 0.774 bits per heavy atom. The van der Waals surface area contributed by atoms with Gasteiger partial charge in [0, 0.05) is 11.3 Å². The summed E-state index contributed by atoms with van der Waals surface area (Å²) in [6, 6.07) is 23.9. The lowest BCUT2D eigenvalue weighted by molar-refractivity contribution is 0.404. The number of phenols is 2. The molecule has 0 unspecified atom stereocenters. The summed E-state index contributed by atoms with van der Waals surface area (Å²) in [5.41, 5.74) is 5.19. The van der Waals surface area contributed by atoms with Gasteiger partial charge in [-0.3, -0.25) is 4.79 Å². The van der Waals surface area contributed by atoms with Crippen molar-refractivity contribution in [2.75, 3.05) is 0 Å². The molecule has 0 fully saturated rings. The molecule has 0 atom stereocenters. The Morgan fingerprint density at radius 2 is 1.42 bits per heavy atom. The predicted molar refractivity (Wildman–Crippen MR) is 120 cm³/mol. The predicted octanol–water partition coefficient (Wildman–Crippen LogP) is 4.74. The maximum atomic E-state index is 13.5. The lowest BCUT2D eigenvalue weighted by Gasteiger charge is -2.09. The molecule has 3 aromatic carbocycles. The van der Waals surface area contributed by atoms with Crippen LogP contribution in [0.2, 0.25) is 0 Å². The van der Waals surface area contributed by atoms with Crippen LogP contribution in [0.3, 0.4) is 0 Å². The van der Waals surface area contributed by atoms with E-state index in [0.717, 1.165) is 16.7 Å². The molecule has 6 heteroatoms. The summed E-state index contributed by atoms with van der Waals surface area (Å²) in [6.07, 6.45) is 0. The van der Waals surface area contributed by atoms with E-state index in [4.69, 9.17) is 0 Å². The molecule has 5 rings (SSSR count). The topological polar surface area (TPSA) is 90.6 Å². The minimum atomic E-state index is -0.310. The van der Waals surface area contributed by atoms with Crippen LogP contribution in [-0.4, -0.2) is 24.8 Å². The first-order chi connectivity index (χ1) is 15.0. The van der Waals surface area contributed by atoms with Gasteiger partial charge in [-0.15, -0.1) is 0 Å². The Morgan fingerprint density at radius 3 is 2.06 bits per heavy atom. The second-order valence-electron chi connectivity index (χ2n) is 7.35. The first kappa shape index (κ1) is 18.7. The molecule has 3 N–H and O–H groups in total. The number of phenolic OH excluding ortho intramolecular Hbond substituents is 2. The number of fused-ring (bicyclic) bond motifs is 1. The van der Waals surface area contributed by atoms with Crippen molar-refractivity contribution in [2.24, 2.45) is 0 Å². The van der Waals surface area contributed by atoms with Crippen molar-refractivity contribution >= 4 is 5.65 Å². The number of hydrogen-bond acceptors (Lipinski definition) is 4. The van der Waals surface area contributed by atoms with E-state index in [-0.39, 0.29) is 17.1 Å². The Hall–Kier alpha value is -4.32. The van der Waals surface area contributed by atoms with Crippen LogP contribution in [0.5, 0.6) is 11.5 Å². The maximum absolute atomic E-state index is 13.5. The van der Waals surface area contributed by atoms with Gasteiger partial charge < -0.3 is 15.2 Å². The van der Waals surface area contributed by atoms with E-state index >= 15 is 0 Å². The molecule has 0 aliphatic carbocycles. The first-order valence-corrected chi connectivity index (χ1v) is 9.83. The minimum absolute atomic E-state index is 0.240. The third-order valence-electron chi connectivity index (χ3n) is 5.35. The minimum Gasteiger partial charge on any atom is -0.504 e. The van der Waals surface area contributed by atoms with Crippen LogP contribution in [0.4, 0.5) is 0 Å². The van der Waals surface area contributed by atoms with E-state index < -0.39 is 0 Å². The van der Waals surface area contributed by atoms with Crippen LogP contribution >= 0.6 is 0 Å². The van der Waals surface area contributed by atoms with E-state index in [1.54, 1.807) is 6.07 Å². The van der Waals surface area contributed by atoms with Crippen molar-refractivity contribution in [3.05, 3.63) is 94.9 Å². The van der Waals surface area contributed by atoms with Gasteiger partial charge >= 0.3 is 0 Å². The van der Waals surface area contributed by atoms with Gasteiger partial charge in [0.2, 0.25) is 0 Å². The molecule has 2 aromatic heterocycles. The lowest BCUT2D eigenvalue weighted by atomic mass is 10.0. The normalized spacial score (nSPS) is 11.1. The van der Waals surface area contributed by atoms with Crippen LogP contribution in [0.15, 0.2) is 83.7 Å². The van der Waals surface area contributed by atoms with Gasteiger partial charge in [-0.1, -0.05) is 66.7 Å². The Kier molecular flexibility index (Phi) is 4.33. The molecule has 0 aliphatic heterocycles. The first-order valence-electron chi connectivity index (χ1n) is 9.83. The molecule has 0 bridgehead atoms. The molecule has 6 nitrogen and oxygen atoms in total. The number of aromatic hydroxyl groups is 2. The van der Waals surface area contributed by atoms with Crippen molar-refractivity contribution < 1.29 is 10.2 Å². The summed E-state index contributed by atoms with van der Waals surface area (Å²) >= 11 is 0. The van der Waals surface area contributed by atoms with Crippen LogP contribution < -0.4 is 5.56 Å². The summed E-state index contributed by atoms with van der Waals surface area (Å²) < 4.78 is 1.37. The lowest BCUT2D eigenvalue weighted by Crippen LogP contribution is -2.19. The van der Waals surface area contributed by atoms with Crippen molar-refractivity contribution in [1.29, 1.82) is 0 Å². The second-order valence-corrected chi connectivity index (χ2v) is 7.35. The molecule has 0 aliphatic rings. The highest BCUT2D eigenvalue weighted by Crippen LogP contribution is 2.35. The number of aromatic amines is 1. The molecule has 0 amide bonds. The molecule has 0 spiro atoms. The Labute approximate surface area is 177 Å². The summed E-state index contributed by atoms with van der Waals surface area (Å²) in [5.74, 6) is -0.525. The number of benzene rings is 3. The van der Waals surface area contributed by atoms with Gasteiger partial charge in [0.15, 0.2) is 11.5 Å². The molecule has 2 heterocycles. The molecule has 0 saturated heterocycles. The van der Waals surface area contributed by atoms with E-state index in [1.807, 2.05) is 67.6 Å². The van der Waals surface area contributed by atoms with Crippen LogP contribution in [0.25, 0.3) is 39.2 Å². The average Bonchev–Trinajstić information content (AvgIpc) is 3.17. The van der Waals surface area contributed by atoms with Gasteiger partial charge in [-0.05, 0) is 30.2 Å². The number of rotatable bonds is 3. The summed E-state index contributed by atoms with van der Waals surface area (Å²) in [4.78, 5) is 16.9. The number of nitrogens with one attached hydrogen (secondary N) is 1. The fraction of sp³-hybridized carbons (Fsp3) is 0.0400. The van der Waals surface area contributed by atoms with Crippen LogP contribution in [-0.2, 0) is 0 Å². The molecule has 31 heavy (non-hydrogen) atoms. The second kappa shape index (κ2) is 7.18. The highest BCUT2D eigenvalue weighted by atomic mass is 16.3. The van der Waals surface area contributed by atoms with Crippen molar-refractivity contribution in [3.63, 3.8) is 0 Å². The highest BCUT2D eigenvalue weighted by molar-refractivity contribution is 5.91. The summed E-state index contributed by atoms with van der Waals surface area (Å²) in [5, 5.41) is 24.2. The largest absolute Gasteiger partial charge is 0.504 e. The molecule has 5 aromatic rings. The standard InChI is InChI=1S/C25H19N3O3/c1-15-21(18-12-13-19(29)20(30)14-18)25(31)28-24(26-15)22(16-8-4-2-5-9-16)23(27-28)17-10-6-3-7-11-17/h2-14,26,29-30H,1H3. The third-order valence-corrected chi connectivity index (χ3v) is 5.35. The number of hydrogen-bond donors (Lipinski definition) is 3. The Balaban J connectivity index is 1.86. The molecular formula is C25H19N3O3. The summed E-state index contributed by atoms with van der Waals surface area (Å²) in [6.45, 7) is 1.81. The van der Waals surface area contributed by atoms with Gasteiger partial charge in [0.25, 0.3) is 5.56 Å². The number of aryl methyl sites for hydroxylation is 1. The monoisotopic (exact) mass is 409 g/mol. The van der Waals surface area contributed by atoms with E-state index in [2.05, 4.69) is 10.1 Å². The van der Waals surface area contributed by atoms with Gasteiger partial charge in [0.1, 0.15) is 11.3 Å². The number of H-pyrrole nitrogens is 1. The average molecular weight is 409 g/mol. The SMILES string of the molecule is Cc1[nH]c2c(-c3ccccc3)c(-c3ccccc3)nn2c(=O)c1-c1ccc(O)c(O)c1. The van der Waals surface area contributed by atoms with Crippen molar-refractivity contribution in [3.8, 4) is 45.0 Å². The fourth-order valence-corrected chi connectivity index (χ4v) is 3.88. The van der Waals surface area contributed by atoms with E-state index in [1.165, 1.54) is 16.6 Å². The Bertz CT molecular complexity index is 1470. The zero-order chi connectivity index (χ0) is 21.5. The van der Waals surface area contributed by atoms with Gasteiger partial charge in [-0.25, -0.2) is 0 Å². The van der Waals surface area contributed by atoms with Crippen molar-refractivity contribution in [2.45, 2.75) is 6.92 Å². The number of aromatic nitrogens is 3. The van der Waals surface area contributed by atoms with Crippen LogP contribution in [0.1, 0.15) is 5.69 Å². The smallest absolute Gasteiger partial charge is 0.282 e. The van der Waals surface area contributed by atoms with E-state index in [9.17, 15) is 15.0 Å². The van der Waals surface area contributed by atoms with Gasteiger partial charge in [-0.2, -0.15) is 9.61 Å². The van der Waals surface area contributed by atoms with E-state index in [0.29, 0.717) is 28.2 Å². The summed E-state index contributed by atoms with van der Waals surface area (Å²) in [7, 11) is 0. The number of nitrogens with zero attached hydrogens (tertiary/aromatic N) is 2. The molecule has 152 valence electrons. The molecule has 0 saturated carbocycles. The zero-order valence-corrected chi connectivity index (χ0v) is 16.7. The fourth-order valence-electron chi connectivity index (χ4n) is 3.88. The highest BCUT2D eigenvalue weighted by Gasteiger charge is 2.21. The molecule has 0 radical (unpaired) electrons. The third kappa shape index (κ3) is 3.05. The molecular weight excluding hydrogens is 390 g/mol. The van der Waals surface area contributed by atoms with Crippen LogP contribution in [0, 0.1) is 6.92 Å². The quantitative estimate of drug-likeness (QED) is 0.375. The van der Waals surface area contributed by atoms with Gasteiger partial charge in [0.05, 0.1) is 11.1 Å². The van der Waals surface area contributed by atoms with Crippen molar-refractivity contribution in [1.82, 2.24) is 14.6 Å².